The van der Waals surface area contributed by atoms with Gasteiger partial charge in [0, 0.05) is 45.7 Å². The van der Waals surface area contributed by atoms with Crippen LogP contribution in [-0.4, -0.2) is 73.5 Å². The highest BCUT2D eigenvalue weighted by atomic mass is 32.2. The number of halogens is 5. The van der Waals surface area contributed by atoms with Crippen LogP contribution < -0.4 is 5.32 Å². The first-order valence-electron chi connectivity index (χ1n) is 10.6. The molecule has 198 valence electrons. The van der Waals surface area contributed by atoms with Crippen LogP contribution in [0.15, 0.2) is 53.4 Å². The molecule has 0 saturated carbocycles. The zero-order valence-corrected chi connectivity index (χ0v) is 19.7. The van der Waals surface area contributed by atoms with E-state index in [2.05, 4.69) is 5.32 Å². The molecule has 0 atom stereocenters. The molecule has 36 heavy (non-hydrogen) atoms. The molecule has 1 aliphatic heterocycles. The Morgan fingerprint density at radius 3 is 1.89 bits per heavy atom. The van der Waals surface area contributed by atoms with Gasteiger partial charge in [-0.2, -0.15) is 17.5 Å². The Hall–Kier alpha value is -3.10. The second-order valence-corrected chi connectivity index (χ2v) is 9.54. The van der Waals surface area contributed by atoms with Crippen LogP contribution in [0.3, 0.4) is 0 Å². The molecule has 0 aromatic heterocycles. The summed E-state index contributed by atoms with van der Waals surface area (Å²) in [5.41, 5.74) is 0.590. The predicted molar refractivity (Wildman–Crippen MR) is 118 cm³/mol. The van der Waals surface area contributed by atoms with Crippen LogP contribution in [0.1, 0.15) is 12.0 Å². The number of rotatable bonds is 7. The van der Waals surface area contributed by atoms with Gasteiger partial charge in [-0.15, -0.1) is 0 Å². The molecule has 0 spiro atoms. The fourth-order valence-corrected chi connectivity index (χ4v) is 4.55. The predicted octanol–water partition coefficient (Wildman–Crippen LogP) is 2.61. The summed E-state index contributed by atoms with van der Waals surface area (Å²) in [5.74, 6) is -3.84. The number of carboxylic acids is 1. The summed E-state index contributed by atoms with van der Waals surface area (Å²) >= 11 is 0. The minimum Gasteiger partial charge on any atom is -0.475 e. The standard InChI is InChI=1S/C20H23F2N3O3S.C2HF3O2/c21-17-3-1-16(2-4-17)15-25(12-9-20(26)24-13-10-23-11-14-24)29(27,28)19-7-5-18(22)6-8-19;3-2(4,5)1(6)7/h1-8,23H,9-15H2;(H,6,7). The molecule has 1 aliphatic rings. The number of sulfonamides is 1. The summed E-state index contributed by atoms with van der Waals surface area (Å²) < 4.78 is 85.5. The topological polar surface area (TPSA) is 107 Å². The fraction of sp³-hybridized carbons (Fsp3) is 0.364. The molecule has 2 aromatic rings. The number of nitrogens with zero attached hydrogens (tertiary/aromatic N) is 2. The number of benzene rings is 2. The van der Waals surface area contributed by atoms with Crippen LogP contribution in [0.25, 0.3) is 0 Å². The largest absolute Gasteiger partial charge is 0.490 e. The SMILES string of the molecule is O=C(CCN(Cc1ccc(F)cc1)S(=O)(=O)c1ccc(F)cc1)N1CCNCC1.O=C(O)C(F)(F)F. The maximum Gasteiger partial charge on any atom is 0.490 e. The first-order valence-corrected chi connectivity index (χ1v) is 12.0. The van der Waals surface area contributed by atoms with Gasteiger partial charge in [0.15, 0.2) is 0 Å². The summed E-state index contributed by atoms with van der Waals surface area (Å²) in [6, 6.07) is 10.1. The van der Waals surface area contributed by atoms with E-state index in [1.807, 2.05) is 0 Å². The summed E-state index contributed by atoms with van der Waals surface area (Å²) in [5, 5.41) is 10.3. The third-order valence-electron chi connectivity index (χ3n) is 5.01. The molecule has 1 fully saturated rings. The third-order valence-corrected chi connectivity index (χ3v) is 6.87. The number of carbonyl (C=O) groups is 2. The number of nitrogens with one attached hydrogen (secondary N) is 1. The van der Waals surface area contributed by atoms with E-state index in [4.69, 9.17) is 9.90 Å². The van der Waals surface area contributed by atoms with Crippen LogP contribution in [0.5, 0.6) is 0 Å². The first-order chi connectivity index (χ1) is 16.8. The van der Waals surface area contributed by atoms with Crippen molar-refractivity contribution in [1.29, 1.82) is 0 Å². The number of carboxylic acid groups (broad SMARTS) is 1. The maximum atomic E-state index is 13.2. The lowest BCUT2D eigenvalue weighted by atomic mass is 10.2. The molecule has 0 radical (unpaired) electrons. The van der Waals surface area contributed by atoms with E-state index in [0.29, 0.717) is 31.7 Å². The number of carbonyl (C=O) groups excluding carboxylic acids is 1. The Kier molecular flexibility index (Phi) is 10.3. The van der Waals surface area contributed by atoms with E-state index in [0.717, 1.165) is 12.1 Å². The van der Waals surface area contributed by atoms with E-state index >= 15 is 0 Å². The highest BCUT2D eigenvalue weighted by Gasteiger charge is 2.38. The van der Waals surface area contributed by atoms with Crippen molar-refractivity contribution in [2.75, 3.05) is 32.7 Å². The van der Waals surface area contributed by atoms with E-state index in [-0.39, 0.29) is 30.3 Å². The Morgan fingerprint density at radius 1 is 0.944 bits per heavy atom. The number of hydrogen-bond donors (Lipinski definition) is 2. The van der Waals surface area contributed by atoms with E-state index in [9.17, 15) is 35.2 Å². The van der Waals surface area contributed by atoms with Crippen molar-refractivity contribution in [3.05, 3.63) is 65.7 Å². The number of amides is 1. The molecule has 8 nitrogen and oxygen atoms in total. The second kappa shape index (κ2) is 12.7. The zero-order valence-electron chi connectivity index (χ0n) is 18.8. The van der Waals surface area contributed by atoms with Crippen LogP contribution in [0, 0.1) is 11.6 Å². The van der Waals surface area contributed by atoms with E-state index < -0.39 is 33.8 Å². The zero-order chi connectivity index (χ0) is 26.9. The van der Waals surface area contributed by atoms with Gasteiger partial charge in [-0.1, -0.05) is 12.1 Å². The molecule has 0 aliphatic carbocycles. The summed E-state index contributed by atoms with van der Waals surface area (Å²) in [7, 11) is -3.96. The lowest BCUT2D eigenvalue weighted by Crippen LogP contribution is -2.47. The molecule has 3 rings (SSSR count). The van der Waals surface area contributed by atoms with Crippen molar-refractivity contribution in [3.8, 4) is 0 Å². The Bertz CT molecular complexity index is 1120. The van der Waals surface area contributed by atoms with Gasteiger partial charge in [-0.25, -0.2) is 22.0 Å². The van der Waals surface area contributed by atoms with Crippen molar-refractivity contribution in [2.45, 2.75) is 24.0 Å². The molecule has 0 bridgehead atoms. The maximum absolute atomic E-state index is 13.2. The summed E-state index contributed by atoms with van der Waals surface area (Å²) in [4.78, 5) is 23.0. The number of hydrogen-bond acceptors (Lipinski definition) is 5. The fourth-order valence-electron chi connectivity index (χ4n) is 3.13. The van der Waals surface area contributed by atoms with Crippen LogP contribution >= 0.6 is 0 Å². The molecule has 1 saturated heterocycles. The van der Waals surface area contributed by atoms with Crippen molar-refractivity contribution < 1.29 is 45.1 Å². The van der Waals surface area contributed by atoms with Crippen LogP contribution in [0.2, 0.25) is 0 Å². The van der Waals surface area contributed by atoms with Gasteiger partial charge in [0.05, 0.1) is 4.90 Å². The monoisotopic (exact) mass is 537 g/mol. The Morgan fingerprint density at radius 2 is 1.42 bits per heavy atom. The number of piperazine rings is 1. The molecule has 14 heteroatoms. The average molecular weight is 538 g/mol. The van der Waals surface area contributed by atoms with E-state index in [1.54, 1.807) is 4.90 Å². The smallest absolute Gasteiger partial charge is 0.475 e. The van der Waals surface area contributed by atoms with Gasteiger partial charge >= 0.3 is 12.1 Å². The van der Waals surface area contributed by atoms with Gasteiger partial charge in [0.2, 0.25) is 15.9 Å². The normalized spacial score (nSPS) is 14.2. The third kappa shape index (κ3) is 8.84. The minimum absolute atomic E-state index is 0.0190. The van der Waals surface area contributed by atoms with Gasteiger partial charge in [0.1, 0.15) is 11.6 Å². The van der Waals surface area contributed by atoms with Crippen molar-refractivity contribution in [1.82, 2.24) is 14.5 Å². The van der Waals surface area contributed by atoms with Crippen LogP contribution in [-0.2, 0) is 26.2 Å². The summed E-state index contributed by atoms with van der Waals surface area (Å²) in [6.07, 6.45) is -5.05. The summed E-state index contributed by atoms with van der Waals surface area (Å²) in [6.45, 7) is 2.54. The van der Waals surface area contributed by atoms with Gasteiger partial charge in [0.25, 0.3) is 0 Å². The lowest BCUT2D eigenvalue weighted by molar-refractivity contribution is -0.192. The lowest BCUT2D eigenvalue weighted by Gasteiger charge is -2.29. The molecule has 1 heterocycles. The van der Waals surface area contributed by atoms with Crippen LogP contribution in [0.4, 0.5) is 22.0 Å². The number of alkyl halides is 3. The van der Waals surface area contributed by atoms with Crippen molar-refractivity contribution in [2.24, 2.45) is 0 Å². The van der Waals surface area contributed by atoms with Gasteiger partial charge in [-0.3, -0.25) is 4.79 Å². The highest BCUT2D eigenvalue weighted by Crippen LogP contribution is 2.20. The molecule has 2 N–H and O–H groups in total. The average Bonchev–Trinajstić information content (AvgIpc) is 2.83. The highest BCUT2D eigenvalue weighted by molar-refractivity contribution is 7.89. The number of aliphatic carboxylic acids is 1. The molecule has 0 unspecified atom stereocenters. The van der Waals surface area contributed by atoms with Crippen molar-refractivity contribution >= 4 is 21.9 Å². The second-order valence-electron chi connectivity index (χ2n) is 7.60. The molecular formula is C22H24F5N3O5S. The first kappa shape index (κ1) is 29.1. The minimum atomic E-state index is -5.08. The molecule has 2 aromatic carbocycles. The van der Waals surface area contributed by atoms with Crippen molar-refractivity contribution in [3.63, 3.8) is 0 Å². The van der Waals surface area contributed by atoms with E-state index in [1.165, 1.54) is 40.7 Å². The Balaban J connectivity index is 0.000000572. The molecule has 1 amide bonds. The quantitative estimate of drug-likeness (QED) is 0.526. The van der Waals surface area contributed by atoms with Gasteiger partial charge in [-0.05, 0) is 42.0 Å². The van der Waals surface area contributed by atoms with Gasteiger partial charge < -0.3 is 15.3 Å². The Labute approximate surface area is 204 Å². The molecular weight excluding hydrogens is 513 g/mol.